The van der Waals surface area contributed by atoms with E-state index in [1.54, 1.807) is 11.0 Å². The lowest BCUT2D eigenvalue weighted by molar-refractivity contribution is -0.140. The highest BCUT2D eigenvalue weighted by Crippen LogP contribution is 2.24. The van der Waals surface area contributed by atoms with Gasteiger partial charge in [-0.2, -0.15) is 0 Å². The topological polar surface area (TPSA) is 88.7 Å². The zero-order valence-electron chi connectivity index (χ0n) is 18.9. The monoisotopic (exact) mass is 458 g/mol. The van der Waals surface area contributed by atoms with Gasteiger partial charge in [-0.25, -0.2) is 4.98 Å². The van der Waals surface area contributed by atoms with Crippen LogP contribution in [-0.2, 0) is 22.6 Å². The van der Waals surface area contributed by atoms with Crippen molar-refractivity contribution in [1.29, 1.82) is 0 Å². The predicted molar refractivity (Wildman–Crippen MR) is 128 cm³/mol. The van der Waals surface area contributed by atoms with Crippen molar-refractivity contribution in [3.63, 3.8) is 0 Å². The van der Waals surface area contributed by atoms with Gasteiger partial charge in [0.05, 0.1) is 6.33 Å². The highest BCUT2D eigenvalue weighted by atomic mass is 16.3. The number of amides is 2. The number of aromatic nitrogens is 2. The lowest BCUT2D eigenvalue weighted by Crippen LogP contribution is -2.51. The quantitative estimate of drug-likeness (QED) is 0.443. The summed E-state index contributed by atoms with van der Waals surface area (Å²) in [4.78, 5) is 46.1. The van der Waals surface area contributed by atoms with Gasteiger partial charge in [0.2, 0.25) is 17.4 Å². The van der Waals surface area contributed by atoms with E-state index >= 15 is 0 Å². The van der Waals surface area contributed by atoms with Crippen LogP contribution < -0.4 is 5.56 Å². The van der Waals surface area contributed by atoms with E-state index < -0.39 is 0 Å². The summed E-state index contributed by atoms with van der Waals surface area (Å²) in [5, 5.41) is 0.776. The van der Waals surface area contributed by atoms with Gasteiger partial charge in [-0.3, -0.25) is 19.0 Å². The van der Waals surface area contributed by atoms with Crippen LogP contribution in [0.2, 0.25) is 0 Å². The lowest BCUT2D eigenvalue weighted by Gasteiger charge is -2.35. The maximum atomic E-state index is 12.9. The Balaban J connectivity index is 1.16. The molecule has 1 saturated heterocycles. The molecule has 1 aliphatic heterocycles. The summed E-state index contributed by atoms with van der Waals surface area (Å²) in [6.07, 6.45) is 3.59. The van der Waals surface area contributed by atoms with Crippen LogP contribution in [0.25, 0.3) is 22.1 Å². The Kier molecular flexibility index (Phi) is 6.12. The third-order valence-corrected chi connectivity index (χ3v) is 6.34. The van der Waals surface area contributed by atoms with Gasteiger partial charge in [0.1, 0.15) is 17.6 Å². The molecule has 0 atom stereocenters. The van der Waals surface area contributed by atoms with Gasteiger partial charge in [0.25, 0.3) is 5.56 Å². The van der Waals surface area contributed by atoms with Crippen molar-refractivity contribution in [3.8, 4) is 0 Å². The van der Waals surface area contributed by atoms with Gasteiger partial charge >= 0.3 is 0 Å². The number of hydrogen-bond donors (Lipinski definition) is 0. The van der Waals surface area contributed by atoms with Crippen LogP contribution in [0.3, 0.4) is 0 Å². The van der Waals surface area contributed by atoms with Crippen LogP contribution in [0, 0.1) is 0 Å². The molecule has 0 radical (unpaired) electrons. The molecule has 0 N–H and O–H groups in total. The third kappa shape index (κ3) is 4.44. The molecule has 0 aliphatic carbocycles. The summed E-state index contributed by atoms with van der Waals surface area (Å²) in [7, 11) is 0. The first-order chi connectivity index (χ1) is 16.6. The van der Waals surface area contributed by atoms with Crippen LogP contribution in [-0.4, -0.2) is 57.3 Å². The van der Waals surface area contributed by atoms with Gasteiger partial charge < -0.3 is 14.2 Å². The molecule has 0 saturated carbocycles. The fourth-order valence-corrected chi connectivity index (χ4v) is 4.43. The number of benzene rings is 2. The summed E-state index contributed by atoms with van der Waals surface area (Å²) >= 11 is 0. The molecule has 0 spiro atoms. The van der Waals surface area contributed by atoms with Crippen molar-refractivity contribution in [2.24, 2.45) is 0 Å². The fraction of sp³-hybridized carbons (Fsp3) is 0.308. The maximum absolute atomic E-state index is 12.9. The Morgan fingerprint density at radius 3 is 2.32 bits per heavy atom. The van der Waals surface area contributed by atoms with Crippen molar-refractivity contribution in [2.45, 2.75) is 25.8 Å². The zero-order chi connectivity index (χ0) is 23.5. The predicted octanol–water partition coefficient (Wildman–Crippen LogP) is 2.84. The number of para-hydroxylation sites is 1. The molecule has 1 aliphatic rings. The second-order valence-electron chi connectivity index (χ2n) is 8.55. The van der Waals surface area contributed by atoms with E-state index in [4.69, 9.17) is 4.42 Å². The highest BCUT2D eigenvalue weighted by Gasteiger charge is 2.24. The second-order valence-corrected chi connectivity index (χ2v) is 8.55. The van der Waals surface area contributed by atoms with Gasteiger partial charge in [0, 0.05) is 38.0 Å². The molecule has 0 bridgehead atoms. The number of fused-ring (bicyclic) bond motifs is 3. The normalized spacial score (nSPS) is 14.1. The van der Waals surface area contributed by atoms with Gasteiger partial charge in [-0.15, -0.1) is 0 Å². The maximum Gasteiger partial charge on any atom is 0.297 e. The van der Waals surface area contributed by atoms with E-state index in [2.05, 4.69) is 17.1 Å². The summed E-state index contributed by atoms with van der Waals surface area (Å²) in [5.74, 6) is -0.0469. The molecule has 4 aromatic rings. The Labute approximate surface area is 196 Å². The molecule has 8 nitrogen and oxygen atoms in total. The second kappa shape index (κ2) is 9.51. The first kappa shape index (κ1) is 21.9. The summed E-state index contributed by atoms with van der Waals surface area (Å²) in [6, 6.07) is 17.5. The molecule has 34 heavy (non-hydrogen) atoms. The standard InChI is InChI=1S/C26H26N4O4/c31-22(12-6-9-19-7-2-1-3-8-19)28-13-15-29(16-14-28)23(32)17-30-18-27-24-20-10-4-5-11-21(20)34-25(24)26(30)33/h1-5,7-8,10-11,18H,6,9,12-17H2. The first-order valence-electron chi connectivity index (χ1n) is 11.6. The molecular formula is C26H26N4O4. The van der Waals surface area contributed by atoms with Crippen LogP contribution >= 0.6 is 0 Å². The van der Waals surface area contributed by atoms with Gasteiger partial charge in [0.15, 0.2) is 0 Å². The van der Waals surface area contributed by atoms with Crippen molar-refractivity contribution in [3.05, 3.63) is 76.8 Å². The molecule has 2 aromatic carbocycles. The molecule has 0 unspecified atom stereocenters. The minimum absolute atomic E-state index is 0.107. The molecule has 8 heteroatoms. The Bertz CT molecular complexity index is 1380. The molecule has 5 rings (SSSR count). The van der Waals surface area contributed by atoms with Crippen LogP contribution in [0.4, 0.5) is 0 Å². The molecule has 3 heterocycles. The minimum Gasteiger partial charge on any atom is -0.448 e. The average Bonchev–Trinajstić information content (AvgIpc) is 3.26. The Morgan fingerprint density at radius 2 is 1.56 bits per heavy atom. The van der Waals surface area contributed by atoms with Gasteiger partial charge in [-0.1, -0.05) is 42.5 Å². The van der Waals surface area contributed by atoms with Crippen LogP contribution in [0.5, 0.6) is 0 Å². The largest absolute Gasteiger partial charge is 0.448 e. The van der Waals surface area contributed by atoms with Crippen molar-refractivity contribution in [2.75, 3.05) is 26.2 Å². The van der Waals surface area contributed by atoms with Crippen molar-refractivity contribution in [1.82, 2.24) is 19.4 Å². The van der Waals surface area contributed by atoms with E-state index in [0.29, 0.717) is 43.7 Å². The molecule has 174 valence electrons. The third-order valence-electron chi connectivity index (χ3n) is 6.34. The van der Waals surface area contributed by atoms with Crippen LogP contribution in [0.15, 0.2) is 70.1 Å². The first-order valence-corrected chi connectivity index (χ1v) is 11.6. The van der Waals surface area contributed by atoms with E-state index in [9.17, 15) is 14.4 Å². The van der Waals surface area contributed by atoms with E-state index in [-0.39, 0.29) is 29.5 Å². The number of carbonyl (C=O) groups excluding carboxylic acids is 2. The van der Waals surface area contributed by atoms with Crippen molar-refractivity contribution < 1.29 is 14.0 Å². The van der Waals surface area contributed by atoms with E-state index in [1.165, 1.54) is 16.5 Å². The number of piperazine rings is 1. The number of furan rings is 1. The number of hydrogen-bond acceptors (Lipinski definition) is 5. The minimum atomic E-state index is -0.373. The van der Waals surface area contributed by atoms with Gasteiger partial charge in [-0.05, 0) is 30.5 Å². The average molecular weight is 459 g/mol. The smallest absolute Gasteiger partial charge is 0.297 e. The summed E-state index contributed by atoms with van der Waals surface area (Å²) in [5.41, 5.74) is 2.11. The molecule has 2 amide bonds. The Hall–Kier alpha value is -3.94. The number of carbonyl (C=O) groups is 2. The highest BCUT2D eigenvalue weighted by molar-refractivity contribution is 6.01. The van der Waals surface area contributed by atoms with E-state index in [1.807, 2.05) is 41.3 Å². The van der Waals surface area contributed by atoms with Crippen LogP contribution in [0.1, 0.15) is 18.4 Å². The molecule has 1 fully saturated rings. The molecule has 2 aromatic heterocycles. The zero-order valence-corrected chi connectivity index (χ0v) is 18.9. The summed E-state index contributed by atoms with van der Waals surface area (Å²) < 4.78 is 6.97. The van der Waals surface area contributed by atoms with E-state index in [0.717, 1.165) is 18.2 Å². The molecular weight excluding hydrogens is 432 g/mol. The lowest BCUT2D eigenvalue weighted by atomic mass is 10.1. The fourth-order valence-electron chi connectivity index (χ4n) is 4.43. The van der Waals surface area contributed by atoms with Crippen molar-refractivity contribution >= 4 is 33.9 Å². The number of aryl methyl sites for hydroxylation is 1. The SMILES string of the molecule is O=C(CCCc1ccccc1)N1CCN(C(=O)Cn2cnc3c(oc4ccccc43)c2=O)CC1. The summed E-state index contributed by atoms with van der Waals surface area (Å²) in [6.45, 7) is 1.82. The number of rotatable bonds is 6. The number of nitrogens with zero attached hydrogens (tertiary/aromatic N) is 4. The Morgan fingerprint density at radius 1 is 0.882 bits per heavy atom.